The molecule has 0 atom stereocenters. The number of nitrogens with one attached hydrogen (secondary N) is 1. The van der Waals surface area contributed by atoms with E-state index in [-0.39, 0.29) is 11.5 Å². The number of amides is 1. The molecule has 2 rings (SSSR count). The third kappa shape index (κ3) is 4.48. The molecule has 0 bridgehead atoms. The lowest BCUT2D eigenvalue weighted by Gasteiger charge is -2.07. The molecule has 0 spiro atoms. The minimum absolute atomic E-state index is 0.0574. The van der Waals surface area contributed by atoms with Crippen LogP contribution in [0.2, 0.25) is 0 Å². The van der Waals surface area contributed by atoms with Crippen molar-refractivity contribution in [2.45, 2.75) is 19.9 Å². The molecule has 1 N–H and O–H groups in total. The van der Waals surface area contributed by atoms with Crippen molar-refractivity contribution in [2.24, 2.45) is 7.05 Å². The Morgan fingerprint density at radius 3 is 2.45 bits per heavy atom. The molecule has 2 aromatic rings. The summed E-state index contributed by atoms with van der Waals surface area (Å²) in [6, 6.07) is 10.7. The SMILES string of the molecule is CCOc1ccc(CC(=O)NCc2ccc(=O)n(C)c2)cc1. The lowest BCUT2D eigenvalue weighted by atomic mass is 10.1. The van der Waals surface area contributed by atoms with Gasteiger partial charge in [0.05, 0.1) is 13.0 Å². The zero-order valence-electron chi connectivity index (χ0n) is 12.8. The summed E-state index contributed by atoms with van der Waals surface area (Å²) in [6.07, 6.45) is 2.04. The Morgan fingerprint density at radius 2 is 1.82 bits per heavy atom. The number of pyridine rings is 1. The highest BCUT2D eigenvalue weighted by atomic mass is 16.5. The van der Waals surface area contributed by atoms with Gasteiger partial charge in [-0.2, -0.15) is 0 Å². The number of carbonyl (C=O) groups is 1. The molecule has 0 aliphatic rings. The van der Waals surface area contributed by atoms with E-state index in [9.17, 15) is 9.59 Å². The molecule has 0 aliphatic carbocycles. The minimum Gasteiger partial charge on any atom is -0.494 e. The quantitative estimate of drug-likeness (QED) is 0.882. The number of nitrogens with zero attached hydrogens (tertiary/aromatic N) is 1. The van der Waals surface area contributed by atoms with Crippen molar-refractivity contribution in [3.05, 3.63) is 64.1 Å². The van der Waals surface area contributed by atoms with Crippen LogP contribution in [0.5, 0.6) is 5.75 Å². The van der Waals surface area contributed by atoms with Gasteiger partial charge in [0, 0.05) is 25.9 Å². The molecule has 1 amide bonds. The van der Waals surface area contributed by atoms with Crippen LogP contribution in [0, 0.1) is 0 Å². The van der Waals surface area contributed by atoms with Crippen molar-refractivity contribution in [2.75, 3.05) is 6.61 Å². The predicted molar refractivity (Wildman–Crippen MR) is 84.8 cm³/mol. The fraction of sp³-hybridized carbons (Fsp3) is 0.294. The van der Waals surface area contributed by atoms with Crippen molar-refractivity contribution in [1.82, 2.24) is 9.88 Å². The third-order valence-corrected chi connectivity index (χ3v) is 3.24. The molecule has 0 radical (unpaired) electrons. The summed E-state index contributed by atoms with van der Waals surface area (Å²) in [4.78, 5) is 23.2. The summed E-state index contributed by atoms with van der Waals surface area (Å²) in [6.45, 7) is 2.96. The molecule has 5 heteroatoms. The molecule has 0 saturated heterocycles. The summed E-state index contributed by atoms with van der Waals surface area (Å²) >= 11 is 0. The monoisotopic (exact) mass is 300 g/mol. The molecule has 0 fully saturated rings. The summed E-state index contributed by atoms with van der Waals surface area (Å²) < 4.78 is 6.86. The molecular formula is C17H20N2O3. The van der Waals surface area contributed by atoms with Gasteiger partial charge in [-0.15, -0.1) is 0 Å². The van der Waals surface area contributed by atoms with Crippen molar-refractivity contribution in [3.8, 4) is 5.75 Å². The van der Waals surface area contributed by atoms with Gasteiger partial charge in [0.1, 0.15) is 5.75 Å². The van der Waals surface area contributed by atoms with Gasteiger partial charge in [-0.25, -0.2) is 0 Å². The van der Waals surface area contributed by atoms with Crippen LogP contribution in [0.15, 0.2) is 47.4 Å². The van der Waals surface area contributed by atoms with Crippen molar-refractivity contribution in [1.29, 1.82) is 0 Å². The van der Waals surface area contributed by atoms with E-state index in [2.05, 4.69) is 5.32 Å². The number of aromatic nitrogens is 1. The Hall–Kier alpha value is -2.56. The number of carbonyl (C=O) groups excluding carboxylic acids is 1. The van der Waals surface area contributed by atoms with Gasteiger partial charge in [-0.1, -0.05) is 18.2 Å². The highest BCUT2D eigenvalue weighted by Crippen LogP contribution is 2.12. The van der Waals surface area contributed by atoms with Gasteiger partial charge in [-0.05, 0) is 30.2 Å². The van der Waals surface area contributed by atoms with E-state index in [1.807, 2.05) is 31.2 Å². The van der Waals surface area contributed by atoms with Gasteiger partial charge in [-0.3, -0.25) is 9.59 Å². The molecule has 116 valence electrons. The molecule has 22 heavy (non-hydrogen) atoms. The fourth-order valence-corrected chi connectivity index (χ4v) is 2.07. The van der Waals surface area contributed by atoms with Gasteiger partial charge in [0.15, 0.2) is 0 Å². The van der Waals surface area contributed by atoms with Crippen LogP contribution < -0.4 is 15.6 Å². The first kappa shape index (κ1) is 15.8. The Balaban J connectivity index is 1.87. The average Bonchev–Trinajstić information content (AvgIpc) is 2.51. The van der Waals surface area contributed by atoms with E-state index >= 15 is 0 Å². The fourth-order valence-electron chi connectivity index (χ4n) is 2.07. The Bertz CT molecular complexity index is 690. The van der Waals surface area contributed by atoms with Gasteiger partial charge >= 0.3 is 0 Å². The van der Waals surface area contributed by atoms with Gasteiger partial charge < -0.3 is 14.6 Å². The second-order valence-electron chi connectivity index (χ2n) is 5.02. The molecule has 1 heterocycles. The second-order valence-corrected chi connectivity index (χ2v) is 5.02. The molecule has 0 saturated carbocycles. The first-order valence-electron chi connectivity index (χ1n) is 7.22. The number of ether oxygens (including phenoxy) is 1. The molecule has 5 nitrogen and oxygen atoms in total. The predicted octanol–water partition coefficient (Wildman–Crippen LogP) is 1.64. The Kier molecular flexibility index (Phi) is 5.36. The average molecular weight is 300 g/mol. The maximum Gasteiger partial charge on any atom is 0.250 e. The number of hydrogen-bond donors (Lipinski definition) is 1. The molecule has 0 unspecified atom stereocenters. The first-order valence-corrected chi connectivity index (χ1v) is 7.22. The van der Waals surface area contributed by atoms with Crippen LogP contribution in [0.1, 0.15) is 18.1 Å². The van der Waals surface area contributed by atoms with Crippen molar-refractivity contribution in [3.63, 3.8) is 0 Å². The van der Waals surface area contributed by atoms with Crippen LogP contribution in [-0.2, 0) is 24.8 Å². The van der Waals surface area contributed by atoms with E-state index in [0.717, 1.165) is 16.9 Å². The van der Waals surface area contributed by atoms with Crippen LogP contribution in [0.25, 0.3) is 0 Å². The third-order valence-electron chi connectivity index (χ3n) is 3.24. The zero-order chi connectivity index (χ0) is 15.9. The van der Waals surface area contributed by atoms with Crippen LogP contribution in [0.4, 0.5) is 0 Å². The van der Waals surface area contributed by atoms with E-state index in [4.69, 9.17) is 4.74 Å². The standard InChI is InChI=1S/C17H20N2O3/c1-3-22-15-7-4-13(5-8-15)10-16(20)18-11-14-6-9-17(21)19(2)12-14/h4-9,12H,3,10-11H2,1-2H3,(H,18,20). The maximum atomic E-state index is 11.9. The molecule has 1 aromatic carbocycles. The van der Waals surface area contributed by atoms with Crippen LogP contribution in [0.3, 0.4) is 0 Å². The Morgan fingerprint density at radius 1 is 1.14 bits per heavy atom. The number of hydrogen-bond acceptors (Lipinski definition) is 3. The number of aryl methyl sites for hydroxylation is 1. The number of rotatable bonds is 6. The topological polar surface area (TPSA) is 60.3 Å². The lowest BCUT2D eigenvalue weighted by Crippen LogP contribution is -2.25. The van der Waals surface area contributed by atoms with Gasteiger partial charge in [0.2, 0.25) is 11.5 Å². The second kappa shape index (κ2) is 7.45. The Labute approximate surface area is 129 Å². The van der Waals surface area contributed by atoms with E-state index in [1.165, 1.54) is 10.6 Å². The highest BCUT2D eigenvalue weighted by molar-refractivity contribution is 5.78. The van der Waals surface area contributed by atoms with Crippen molar-refractivity contribution < 1.29 is 9.53 Å². The van der Waals surface area contributed by atoms with E-state index < -0.39 is 0 Å². The van der Waals surface area contributed by atoms with Gasteiger partial charge in [0.25, 0.3) is 0 Å². The summed E-state index contributed by atoms with van der Waals surface area (Å²) in [7, 11) is 1.69. The zero-order valence-corrected chi connectivity index (χ0v) is 12.8. The highest BCUT2D eigenvalue weighted by Gasteiger charge is 2.04. The summed E-state index contributed by atoms with van der Waals surface area (Å²) in [5.74, 6) is 0.745. The van der Waals surface area contributed by atoms with Crippen molar-refractivity contribution >= 4 is 5.91 Å². The lowest BCUT2D eigenvalue weighted by molar-refractivity contribution is -0.120. The smallest absolute Gasteiger partial charge is 0.250 e. The van der Waals surface area contributed by atoms with E-state index in [0.29, 0.717) is 19.6 Å². The largest absolute Gasteiger partial charge is 0.494 e. The summed E-state index contributed by atoms with van der Waals surface area (Å²) in [5.41, 5.74) is 1.76. The summed E-state index contributed by atoms with van der Waals surface area (Å²) in [5, 5.41) is 2.85. The molecule has 0 aliphatic heterocycles. The normalized spacial score (nSPS) is 10.3. The molecular weight excluding hydrogens is 280 g/mol. The molecule has 1 aromatic heterocycles. The van der Waals surface area contributed by atoms with Crippen LogP contribution >= 0.6 is 0 Å². The first-order chi connectivity index (χ1) is 10.6. The maximum absolute atomic E-state index is 11.9. The minimum atomic E-state index is -0.0653. The van der Waals surface area contributed by atoms with Crippen LogP contribution in [-0.4, -0.2) is 17.1 Å². The van der Waals surface area contributed by atoms with E-state index in [1.54, 1.807) is 19.3 Å². The number of benzene rings is 1.